The van der Waals surface area contributed by atoms with Gasteiger partial charge in [0.2, 0.25) is 0 Å². The lowest BCUT2D eigenvalue weighted by Gasteiger charge is -2.18. The summed E-state index contributed by atoms with van der Waals surface area (Å²) in [6.45, 7) is 9.30. The molecule has 3 nitrogen and oxygen atoms in total. The second kappa shape index (κ2) is 5.71. The third-order valence-electron chi connectivity index (χ3n) is 2.66. The summed E-state index contributed by atoms with van der Waals surface area (Å²) in [6, 6.07) is 2.41. The minimum Gasteiger partial charge on any atom is -0.309 e. The molecule has 0 spiro atoms. The van der Waals surface area contributed by atoms with Gasteiger partial charge in [-0.25, -0.2) is 0 Å². The SMILES string of the molecule is C=C(CC)CC(NCC)c1ccnn1C. The van der Waals surface area contributed by atoms with Crippen LogP contribution in [0.25, 0.3) is 0 Å². The molecule has 0 aliphatic carbocycles. The molecule has 1 unspecified atom stereocenters. The van der Waals surface area contributed by atoms with E-state index >= 15 is 0 Å². The van der Waals surface area contributed by atoms with E-state index in [9.17, 15) is 0 Å². The average Bonchev–Trinajstić information content (AvgIpc) is 2.63. The average molecular weight is 207 g/mol. The minimum atomic E-state index is 0.343. The number of nitrogens with one attached hydrogen (secondary N) is 1. The molecule has 0 fully saturated rings. The first-order valence-corrected chi connectivity index (χ1v) is 5.57. The Morgan fingerprint density at radius 2 is 2.33 bits per heavy atom. The highest BCUT2D eigenvalue weighted by Gasteiger charge is 2.14. The number of rotatable bonds is 6. The van der Waals surface area contributed by atoms with Gasteiger partial charge in [-0.2, -0.15) is 5.10 Å². The van der Waals surface area contributed by atoms with Gasteiger partial charge in [0.05, 0.1) is 11.7 Å². The molecule has 0 saturated carbocycles. The van der Waals surface area contributed by atoms with Crippen LogP contribution in [-0.4, -0.2) is 16.3 Å². The lowest BCUT2D eigenvalue weighted by molar-refractivity contribution is 0.503. The minimum absolute atomic E-state index is 0.343. The number of aromatic nitrogens is 2. The van der Waals surface area contributed by atoms with Gasteiger partial charge in [0.1, 0.15) is 0 Å². The Balaban J connectivity index is 2.74. The molecule has 0 amide bonds. The van der Waals surface area contributed by atoms with Crippen molar-refractivity contribution >= 4 is 0 Å². The topological polar surface area (TPSA) is 29.9 Å². The second-order valence-corrected chi connectivity index (χ2v) is 3.80. The highest BCUT2D eigenvalue weighted by atomic mass is 15.3. The van der Waals surface area contributed by atoms with Crippen LogP contribution in [0.3, 0.4) is 0 Å². The van der Waals surface area contributed by atoms with Crippen LogP contribution in [-0.2, 0) is 7.05 Å². The van der Waals surface area contributed by atoms with Crippen molar-refractivity contribution in [2.45, 2.75) is 32.7 Å². The molecule has 1 heterocycles. The normalized spacial score (nSPS) is 12.7. The molecular formula is C12H21N3. The molecular weight excluding hydrogens is 186 g/mol. The predicted molar refractivity (Wildman–Crippen MR) is 63.7 cm³/mol. The van der Waals surface area contributed by atoms with Crippen molar-refractivity contribution in [2.24, 2.45) is 7.05 Å². The standard InChI is InChI=1S/C12H21N3/c1-5-10(3)9-11(13-6-2)12-7-8-14-15(12)4/h7-8,11,13H,3,5-6,9H2,1-2,4H3. The van der Waals surface area contributed by atoms with E-state index in [1.165, 1.54) is 11.3 Å². The summed E-state index contributed by atoms with van der Waals surface area (Å²) < 4.78 is 1.93. The Morgan fingerprint density at radius 3 is 2.80 bits per heavy atom. The summed E-state index contributed by atoms with van der Waals surface area (Å²) in [6.07, 6.45) is 3.87. The maximum atomic E-state index is 4.20. The highest BCUT2D eigenvalue weighted by molar-refractivity contribution is 5.11. The first-order valence-electron chi connectivity index (χ1n) is 5.57. The van der Waals surface area contributed by atoms with Gasteiger partial charge < -0.3 is 5.32 Å². The first kappa shape index (κ1) is 12.0. The number of nitrogens with zero attached hydrogens (tertiary/aromatic N) is 2. The van der Waals surface area contributed by atoms with E-state index in [1.807, 2.05) is 17.9 Å². The van der Waals surface area contributed by atoms with Crippen LogP contribution in [0.2, 0.25) is 0 Å². The lowest BCUT2D eigenvalue weighted by atomic mass is 10.0. The number of hydrogen-bond donors (Lipinski definition) is 1. The Labute approximate surface area is 92.2 Å². The van der Waals surface area contributed by atoms with Crippen LogP contribution < -0.4 is 5.32 Å². The van der Waals surface area contributed by atoms with Crippen molar-refractivity contribution in [3.05, 3.63) is 30.1 Å². The van der Waals surface area contributed by atoms with E-state index < -0.39 is 0 Å². The summed E-state index contributed by atoms with van der Waals surface area (Å²) in [5, 5.41) is 7.67. The fraction of sp³-hybridized carbons (Fsp3) is 0.583. The molecule has 0 aliphatic rings. The summed E-state index contributed by atoms with van der Waals surface area (Å²) in [4.78, 5) is 0. The first-order chi connectivity index (χ1) is 7.19. The fourth-order valence-electron chi connectivity index (χ4n) is 1.69. The van der Waals surface area contributed by atoms with E-state index in [-0.39, 0.29) is 0 Å². The van der Waals surface area contributed by atoms with E-state index in [0.29, 0.717) is 6.04 Å². The Hall–Kier alpha value is -1.09. The largest absolute Gasteiger partial charge is 0.309 e. The van der Waals surface area contributed by atoms with Crippen LogP contribution in [0.5, 0.6) is 0 Å². The van der Waals surface area contributed by atoms with Crippen molar-refractivity contribution in [2.75, 3.05) is 6.54 Å². The molecule has 1 N–H and O–H groups in total. The predicted octanol–water partition coefficient (Wildman–Crippen LogP) is 2.43. The van der Waals surface area contributed by atoms with Gasteiger partial charge >= 0.3 is 0 Å². The maximum absolute atomic E-state index is 4.20. The van der Waals surface area contributed by atoms with Gasteiger partial charge in [0.25, 0.3) is 0 Å². The molecule has 84 valence electrons. The molecule has 0 bridgehead atoms. The van der Waals surface area contributed by atoms with Crippen molar-refractivity contribution in [1.29, 1.82) is 0 Å². The van der Waals surface area contributed by atoms with Crippen molar-refractivity contribution < 1.29 is 0 Å². The quantitative estimate of drug-likeness (QED) is 0.726. The van der Waals surface area contributed by atoms with Crippen LogP contribution in [0.15, 0.2) is 24.4 Å². The van der Waals surface area contributed by atoms with Crippen molar-refractivity contribution in [1.82, 2.24) is 15.1 Å². The second-order valence-electron chi connectivity index (χ2n) is 3.80. The molecule has 1 aromatic rings. The van der Waals surface area contributed by atoms with Gasteiger partial charge in [0, 0.05) is 13.2 Å². The zero-order chi connectivity index (χ0) is 11.3. The molecule has 0 aliphatic heterocycles. The van der Waals surface area contributed by atoms with Crippen LogP contribution >= 0.6 is 0 Å². The third-order valence-corrected chi connectivity index (χ3v) is 2.66. The zero-order valence-electron chi connectivity index (χ0n) is 9.95. The van der Waals surface area contributed by atoms with Crippen LogP contribution in [0.1, 0.15) is 38.4 Å². The smallest absolute Gasteiger partial charge is 0.0553 e. The molecule has 1 atom stereocenters. The van der Waals surface area contributed by atoms with E-state index in [1.54, 1.807) is 0 Å². The summed E-state index contributed by atoms with van der Waals surface area (Å²) >= 11 is 0. The molecule has 0 saturated heterocycles. The molecule has 1 aromatic heterocycles. The van der Waals surface area contributed by atoms with Gasteiger partial charge in [0.15, 0.2) is 0 Å². The van der Waals surface area contributed by atoms with Crippen molar-refractivity contribution in [3.63, 3.8) is 0 Å². The van der Waals surface area contributed by atoms with Crippen molar-refractivity contribution in [3.8, 4) is 0 Å². The van der Waals surface area contributed by atoms with E-state index in [4.69, 9.17) is 0 Å². The molecule has 1 rings (SSSR count). The highest BCUT2D eigenvalue weighted by Crippen LogP contribution is 2.20. The Bertz CT molecular complexity index is 314. The van der Waals surface area contributed by atoms with Gasteiger partial charge in [-0.3, -0.25) is 4.68 Å². The van der Waals surface area contributed by atoms with Gasteiger partial charge in [-0.15, -0.1) is 0 Å². The zero-order valence-corrected chi connectivity index (χ0v) is 9.95. The molecule has 0 radical (unpaired) electrons. The monoisotopic (exact) mass is 207 g/mol. The molecule has 15 heavy (non-hydrogen) atoms. The Kier molecular flexibility index (Phi) is 4.56. The third kappa shape index (κ3) is 3.20. The number of aryl methyl sites for hydroxylation is 1. The molecule has 0 aromatic carbocycles. The lowest BCUT2D eigenvalue weighted by Crippen LogP contribution is -2.23. The van der Waals surface area contributed by atoms with Gasteiger partial charge in [-0.05, 0) is 25.5 Å². The van der Waals surface area contributed by atoms with Gasteiger partial charge in [-0.1, -0.05) is 26.0 Å². The fourth-order valence-corrected chi connectivity index (χ4v) is 1.69. The molecule has 3 heteroatoms. The number of hydrogen-bond acceptors (Lipinski definition) is 2. The van der Waals surface area contributed by atoms with E-state index in [0.717, 1.165) is 19.4 Å². The van der Waals surface area contributed by atoms with E-state index in [2.05, 4.69) is 36.9 Å². The maximum Gasteiger partial charge on any atom is 0.0553 e. The Morgan fingerprint density at radius 1 is 1.60 bits per heavy atom. The summed E-state index contributed by atoms with van der Waals surface area (Å²) in [5.41, 5.74) is 2.51. The summed E-state index contributed by atoms with van der Waals surface area (Å²) in [7, 11) is 1.98. The summed E-state index contributed by atoms with van der Waals surface area (Å²) in [5.74, 6) is 0. The van der Waals surface area contributed by atoms with Crippen LogP contribution in [0.4, 0.5) is 0 Å². The van der Waals surface area contributed by atoms with Crippen LogP contribution in [0, 0.1) is 0 Å².